The van der Waals surface area contributed by atoms with Gasteiger partial charge in [0.15, 0.2) is 0 Å². The Labute approximate surface area is 68.1 Å². The number of rotatable bonds is 0. The van der Waals surface area contributed by atoms with Crippen molar-refractivity contribution in [2.75, 3.05) is 0 Å². The summed E-state index contributed by atoms with van der Waals surface area (Å²) in [5, 5.41) is 9.57. The summed E-state index contributed by atoms with van der Waals surface area (Å²) < 4.78 is 0. The van der Waals surface area contributed by atoms with Crippen LogP contribution < -0.4 is 0 Å². The Kier molecular flexibility index (Phi) is 1.89. The van der Waals surface area contributed by atoms with Crippen molar-refractivity contribution in [2.24, 2.45) is 11.8 Å². The van der Waals surface area contributed by atoms with Crippen molar-refractivity contribution >= 4 is 0 Å². The highest BCUT2D eigenvalue weighted by Crippen LogP contribution is 2.39. The van der Waals surface area contributed by atoms with Crippen molar-refractivity contribution in [2.45, 2.75) is 38.5 Å². The Hall–Kier alpha value is -0.460. The van der Waals surface area contributed by atoms with Gasteiger partial charge in [-0.05, 0) is 37.7 Å². The van der Waals surface area contributed by atoms with Crippen LogP contribution in [0.2, 0.25) is 0 Å². The molecule has 0 bridgehead atoms. The lowest BCUT2D eigenvalue weighted by Gasteiger charge is -2.33. The fourth-order valence-electron chi connectivity index (χ4n) is 2.54. The predicted octanol–water partition coefficient (Wildman–Crippen LogP) is 3.03. The summed E-state index contributed by atoms with van der Waals surface area (Å²) in [6.07, 6.45) is 9.72. The van der Waals surface area contributed by atoms with Gasteiger partial charge in [0.2, 0.25) is 0 Å². The molecule has 2 aliphatic carbocycles. The second-order valence-electron chi connectivity index (χ2n) is 3.86. The molecule has 0 aromatic heterocycles. The zero-order valence-corrected chi connectivity index (χ0v) is 6.92. The summed E-state index contributed by atoms with van der Waals surface area (Å²) in [5.41, 5.74) is 0. The molecule has 0 spiro atoms. The van der Waals surface area contributed by atoms with Crippen LogP contribution in [0.25, 0.3) is 0 Å². The molecule has 1 nitrogen and oxygen atoms in total. The molecule has 0 amide bonds. The zero-order chi connectivity index (χ0) is 7.68. The van der Waals surface area contributed by atoms with Crippen LogP contribution in [0.3, 0.4) is 0 Å². The molecule has 0 heterocycles. The molecule has 62 valence electrons. The second kappa shape index (κ2) is 2.88. The molecule has 2 unspecified atom stereocenters. The summed E-state index contributed by atoms with van der Waals surface area (Å²) in [7, 11) is 0. The second-order valence-corrected chi connectivity index (χ2v) is 3.86. The van der Waals surface area contributed by atoms with Gasteiger partial charge in [0.05, 0.1) is 5.76 Å². The highest BCUT2D eigenvalue weighted by molar-refractivity contribution is 5.04. The first-order valence-electron chi connectivity index (χ1n) is 4.77. The molecule has 1 heteroatoms. The molecular formula is C10H16O. The predicted molar refractivity (Wildman–Crippen MR) is 45.4 cm³/mol. The average molecular weight is 152 g/mol. The third-order valence-electron chi connectivity index (χ3n) is 3.18. The minimum absolute atomic E-state index is 0.539. The minimum Gasteiger partial charge on any atom is -0.512 e. The number of hydrogen-bond acceptors (Lipinski definition) is 1. The molecule has 0 aromatic rings. The van der Waals surface area contributed by atoms with E-state index in [1.165, 1.54) is 32.1 Å². The van der Waals surface area contributed by atoms with Gasteiger partial charge in [0.1, 0.15) is 0 Å². The van der Waals surface area contributed by atoms with Crippen LogP contribution in [-0.2, 0) is 0 Å². The quantitative estimate of drug-likeness (QED) is 0.565. The van der Waals surface area contributed by atoms with Crippen LogP contribution in [0.4, 0.5) is 0 Å². The number of allylic oxidation sites excluding steroid dienone is 2. The highest BCUT2D eigenvalue weighted by atomic mass is 16.3. The summed E-state index contributed by atoms with van der Waals surface area (Å²) >= 11 is 0. The minimum atomic E-state index is 0.539. The van der Waals surface area contributed by atoms with Gasteiger partial charge in [-0.15, -0.1) is 0 Å². The molecule has 11 heavy (non-hydrogen) atoms. The number of aliphatic hydroxyl groups is 1. The van der Waals surface area contributed by atoms with Gasteiger partial charge in [-0.3, -0.25) is 0 Å². The summed E-state index contributed by atoms with van der Waals surface area (Å²) in [6, 6.07) is 0. The molecule has 2 aliphatic rings. The van der Waals surface area contributed by atoms with Crippen LogP contribution in [0.15, 0.2) is 11.8 Å². The van der Waals surface area contributed by atoms with E-state index in [1.54, 1.807) is 0 Å². The van der Waals surface area contributed by atoms with E-state index in [4.69, 9.17) is 0 Å². The van der Waals surface area contributed by atoms with Gasteiger partial charge in [0.25, 0.3) is 0 Å². The largest absolute Gasteiger partial charge is 0.512 e. The zero-order valence-electron chi connectivity index (χ0n) is 6.92. The normalized spacial score (nSPS) is 37.6. The molecule has 0 aliphatic heterocycles. The number of aliphatic hydroxyl groups excluding tert-OH is 1. The third-order valence-corrected chi connectivity index (χ3v) is 3.18. The number of fused-ring (bicyclic) bond motifs is 1. The first-order chi connectivity index (χ1) is 5.38. The Morgan fingerprint density at radius 1 is 1.18 bits per heavy atom. The molecular weight excluding hydrogens is 136 g/mol. The number of hydrogen-bond donors (Lipinski definition) is 1. The van der Waals surface area contributed by atoms with E-state index in [1.807, 2.05) is 6.08 Å². The fourth-order valence-corrected chi connectivity index (χ4v) is 2.54. The van der Waals surface area contributed by atoms with E-state index >= 15 is 0 Å². The van der Waals surface area contributed by atoms with E-state index in [2.05, 4.69) is 0 Å². The monoisotopic (exact) mass is 152 g/mol. The van der Waals surface area contributed by atoms with Crippen molar-refractivity contribution in [3.05, 3.63) is 11.8 Å². The van der Waals surface area contributed by atoms with E-state index in [9.17, 15) is 5.11 Å². The molecule has 1 saturated carbocycles. The first-order valence-corrected chi connectivity index (χ1v) is 4.77. The smallest absolute Gasteiger partial charge is 0.0916 e. The Morgan fingerprint density at radius 2 is 2.00 bits per heavy atom. The molecule has 0 saturated heterocycles. The van der Waals surface area contributed by atoms with Crippen LogP contribution in [0.1, 0.15) is 38.5 Å². The van der Waals surface area contributed by atoms with Crippen LogP contribution in [0.5, 0.6) is 0 Å². The fraction of sp³-hybridized carbons (Fsp3) is 0.800. The SMILES string of the molecule is OC1=CCCC2CCCCC12. The first kappa shape index (κ1) is 7.20. The maximum Gasteiger partial charge on any atom is 0.0916 e. The summed E-state index contributed by atoms with van der Waals surface area (Å²) in [5.74, 6) is 2.05. The maximum absolute atomic E-state index is 9.57. The van der Waals surface area contributed by atoms with Gasteiger partial charge < -0.3 is 5.11 Å². The Bertz CT molecular complexity index is 172. The lowest BCUT2D eigenvalue weighted by molar-refractivity contribution is 0.178. The molecule has 1 fully saturated rings. The van der Waals surface area contributed by atoms with Crippen LogP contribution in [-0.4, -0.2) is 5.11 Å². The van der Waals surface area contributed by atoms with Gasteiger partial charge >= 0.3 is 0 Å². The lowest BCUT2D eigenvalue weighted by Crippen LogP contribution is -2.23. The average Bonchev–Trinajstić information content (AvgIpc) is 2.06. The van der Waals surface area contributed by atoms with Crippen molar-refractivity contribution in [1.29, 1.82) is 0 Å². The van der Waals surface area contributed by atoms with E-state index < -0.39 is 0 Å². The topological polar surface area (TPSA) is 20.2 Å². The van der Waals surface area contributed by atoms with Crippen molar-refractivity contribution in [3.63, 3.8) is 0 Å². The van der Waals surface area contributed by atoms with Crippen LogP contribution in [0, 0.1) is 11.8 Å². The summed E-state index contributed by atoms with van der Waals surface area (Å²) in [6.45, 7) is 0. The molecule has 0 radical (unpaired) electrons. The van der Waals surface area contributed by atoms with E-state index in [0.29, 0.717) is 11.7 Å². The Balaban J connectivity index is 2.11. The molecule has 1 N–H and O–H groups in total. The van der Waals surface area contributed by atoms with Gasteiger partial charge in [0, 0.05) is 5.92 Å². The van der Waals surface area contributed by atoms with Crippen LogP contribution >= 0.6 is 0 Å². The highest BCUT2D eigenvalue weighted by Gasteiger charge is 2.29. The standard InChI is InChI=1S/C10H16O/c11-10-7-3-5-8-4-1-2-6-9(8)10/h7-9,11H,1-6H2. The summed E-state index contributed by atoms with van der Waals surface area (Å²) in [4.78, 5) is 0. The molecule has 2 rings (SSSR count). The van der Waals surface area contributed by atoms with Crippen molar-refractivity contribution in [1.82, 2.24) is 0 Å². The van der Waals surface area contributed by atoms with Gasteiger partial charge in [-0.1, -0.05) is 12.8 Å². The van der Waals surface area contributed by atoms with Crippen molar-refractivity contribution < 1.29 is 5.11 Å². The van der Waals surface area contributed by atoms with Crippen molar-refractivity contribution in [3.8, 4) is 0 Å². The van der Waals surface area contributed by atoms with Gasteiger partial charge in [-0.2, -0.15) is 0 Å². The molecule has 0 aromatic carbocycles. The van der Waals surface area contributed by atoms with E-state index in [0.717, 1.165) is 12.3 Å². The maximum atomic E-state index is 9.57. The lowest BCUT2D eigenvalue weighted by atomic mass is 9.73. The van der Waals surface area contributed by atoms with Gasteiger partial charge in [-0.25, -0.2) is 0 Å². The third kappa shape index (κ3) is 1.29. The molecule has 2 atom stereocenters. The Morgan fingerprint density at radius 3 is 2.82 bits per heavy atom. The van der Waals surface area contributed by atoms with E-state index in [-0.39, 0.29) is 0 Å².